The smallest absolute Gasteiger partial charge is 0.395 e. The maximum Gasteiger partial charge on any atom is 0.395 e. The lowest BCUT2D eigenvalue weighted by Crippen LogP contribution is -2.14. The standard InChI is InChI=1S/C16H11N3O4/c20-15-14(19(22)23)16(21)18-13(17-15)9-8-11-6-3-5-10-4-1-2-7-12(10)11/h1-9H,(H2,17,18,20,21)/b9-8+. The number of hydrogen-bond acceptors (Lipinski definition) is 5. The highest BCUT2D eigenvalue weighted by molar-refractivity contribution is 5.92. The number of fused-ring (bicyclic) bond motifs is 1. The molecule has 7 nitrogen and oxygen atoms in total. The molecule has 0 aliphatic carbocycles. The van der Waals surface area contributed by atoms with Gasteiger partial charge in [0.2, 0.25) is 0 Å². The second-order valence-corrected chi connectivity index (χ2v) is 4.78. The van der Waals surface area contributed by atoms with Crippen LogP contribution in [0.25, 0.3) is 22.9 Å². The zero-order chi connectivity index (χ0) is 16.4. The van der Waals surface area contributed by atoms with Gasteiger partial charge in [0.05, 0.1) is 4.92 Å². The Morgan fingerprint density at radius 2 is 1.87 bits per heavy atom. The van der Waals surface area contributed by atoms with Crippen LogP contribution >= 0.6 is 0 Å². The predicted molar refractivity (Wildman–Crippen MR) is 86.1 cm³/mol. The van der Waals surface area contributed by atoms with Crippen LogP contribution in [-0.2, 0) is 0 Å². The quantitative estimate of drug-likeness (QED) is 0.571. The van der Waals surface area contributed by atoms with Crippen molar-refractivity contribution in [3.8, 4) is 5.88 Å². The van der Waals surface area contributed by atoms with E-state index in [9.17, 15) is 20.0 Å². The summed E-state index contributed by atoms with van der Waals surface area (Å²) in [5.41, 5.74) is -1.07. The molecule has 0 aliphatic rings. The van der Waals surface area contributed by atoms with Crippen molar-refractivity contribution in [3.63, 3.8) is 0 Å². The third kappa shape index (κ3) is 2.80. The number of aromatic hydroxyl groups is 1. The van der Waals surface area contributed by atoms with Gasteiger partial charge in [0.25, 0.3) is 5.88 Å². The Balaban J connectivity index is 2.03. The normalized spacial score (nSPS) is 11.1. The van der Waals surface area contributed by atoms with Crippen molar-refractivity contribution in [1.29, 1.82) is 0 Å². The molecule has 2 N–H and O–H groups in total. The van der Waals surface area contributed by atoms with Crippen LogP contribution in [0.3, 0.4) is 0 Å². The summed E-state index contributed by atoms with van der Waals surface area (Å²) in [4.78, 5) is 27.2. The van der Waals surface area contributed by atoms with E-state index in [0.29, 0.717) is 0 Å². The molecule has 114 valence electrons. The molecule has 0 radical (unpaired) electrons. The van der Waals surface area contributed by atoms with Gasteiger partial charge in [-0.05, 0) is 22.4 Å². The zero-order valence-electron chi connectivity index (χ0n) is 11.8. The molecule has 7 heteroatoms. The van der Waals surface area contributed by atoms with Gasteiger partial charge in [-0.1, -0.05) is 48.5 Å². The van der Waals surface area contributed by atoms with Gasteiger partial charge in [0.1, 0.15) is 5.82 Å². The molecule has 0 bridgehead atoms. The zero-order valence-corrected chi connectivity index (χ0v) is 11.8. The van der Waals surface area contributed by atoms with Crippen LogP contribution in [0.1, 0.15) is 11.4 Å². The van der Waals surface area contributed by atoms with Crippen LogP contribution in [0.5, 0.6) is 5.88 Å². The Kier molecular flexibility index (Phi) is 3.60. The van der Waals surface area contributed by atoms with E-state index in [-0.39, 0.29) is 5.82 Å². The number of nitrogens with one attached hydrogen (secondary N) is 1. The van der Waals surface area contributed by atoms with E-state index in [1.54, 1.807) is 6.08 Å². The topological polar surface area (TPSA) is 109 Å². The highest BCUT2D eigenvalue weighted by atomic mass is 16.6. The van der Waals surface area contributed by atoms with Crippen molar-refractivity contribution in [2.24, 2.45) is 0 Å². The molecular formula is C16H11N3O4. The summed E-state index contributed by atoms with van der Waals surface area (Å²) in [6.45, 7) is 0. The van der Waals surface area contributed by atoms with Gasteiger partial charge in [-0.3, -0.25) is 14.9 Å². The monoisotopic (exact) mass is 309 g/mol. The summed E-state index contributed by atoms with van der Waals surface area (Å²) in [5.74, 6) is -0.873. The highest BCUT2D eigenvalue weighted by Crippen LogP contribution is 2.21. The molecule has 3 rings (SSSR count). The fourth-order valence-corrected chi connectivity index (χ4v) is 2.28. The van der Waals surface area contributed by atoms with Crippen molar-refractivity contribution >= 4 is 28.6 Å². The van der Waals surface area contributed by atoms with Crippen molar-refractivity contribution in [2.45, 2.75) is 0 Å². The molecule has 1 aromatic heterocycles. The van der Waals surface area contributed by atoms with Gasteiger partial charge in [0.15, 0.2) is 0 Å². The maximum absolute atomic E-state index is 11.6. The molecule has 0 saturated carbocycles. The van der Waals surface area contributed by atoms with Crippen molar-refractivity contribution in [3.05, 3.63) is 74.3 Å². The summed E-state index contributed by atoms with van der Waals surface area (Å²) in [5, 5.41) is 22.2. The molecule has 0 aliphatic heterocycles. The van der Waals surface area contributed by atoms with Gasteiger partial charge >= 0.3 is 11.2 Å². The SMILES string of the molecule is O=c1[nH]c(/C=C/c2cccc3ccccc23)nc(O)c1[N+](=O)[O-]. The van der Waals surface area contributed by atoms with Gasteiger partial charge in [-0.25, -0.2) is 0 Å². The average Bonchev–Trinajstić information content (AvgIpc) is 2.52. The minimum Gasteiger partial charge on any atom is -0.488 e. The molecule has 3 aromatic rings. The van der Waals surface area contributed by atoms with E-state index >= 15 is 0 Å². The van der Waals surface area contributed by atoms with Crippen LogP contribution in [0, 0.1) is 10.1 Å². The number of aromatic amines is 1. The van der Waals surface area contributed by atoms with Crippen molar-refractivity contribution < 1.29 is 10.0 Å². The number of hydrogen-bond donors (Lipinski definition) is 2. The van der Waals surface area contributed by atoms with Crippen molar-refractivity contribution in [2.75, 3.05) is 0 Å². The first kappa shape index (κ1) is 14.5. The lowest BCUT2D eigenvalue weighted by atomic mass is 10.0. The Labute approximate surface area is 129 Å². The Morgan fingerprint density at radius 1 is 1.13 bits per heavy atom. The molecule has 0 spiro atoms. The second kappa shape index (κ2) is 5.72. The summed E-state index contributed by atoms with van der Waals surface area (Å²) in [6.07, 6.45) is 3.19. The Hall–Kier alpha value is -3.48. The molecule has 0 amide bonds. The lowest BCUT2D eigenvalue weighted by Gasteiger charge is -2.01. The minimum absolute atomic E-state index is 0.0334. The number of rotatable bonds is 3. The summed E-state index contributed by atoms with van der Waals surface area (Å²) in [7, 11) is 0. The number of nitro groups is 1. The molecule has 0 atom stereocenters. The number of benzene rings is 2. The molecule has 1 heterocycles. The van der Waals surface area contributed by atoms with E-state index in [4.69, 9.17) is 0 Å². The third-order valence-corrected chi connectivity index (χ3v) is 3.32. The minimum atomic E-state index is -1.000. The molecule has 23 heavy (non-hydrogen) atoms. The van der Waals surface area contributed by atoms with E-state index in [0.717, 1.165) is 16.3 Å². The predicted octanol–water partition coefficient (Wildman–Crippen LogP) is 2.71. The lowest BCUT2D eigenvalue weighted by molar-refractivity contribution is -0.387. The Bertz CT molecular complexity index is 987. The van der Waals surface area contributed by atoms with Crippen LogP contribution in [-0.4, -0.2) is 20.0 Å². The first-order valence-electron chi connectivity index (χ1n) is 6.70. The molecule has 0 unspecified atom stereocenters. The number of H-pyrrole nitrogens is 1. The van der Waals surface area contributed by atoms with Gasteiger partial charge in [0, 0.05) is 0 Å². The van der Waals surface area contributed by atoms with Crippen LogP contribution in [0.4, 0.5) is 5.69 Å². The van der Waals surface area contributed by atoms with Crippen molar-refractivity contribution in [1.82, 2.24) is 9.97 Å². The van der Waals surface area contributed by atoms with Crippen LogP contribution < -0.4 is 5.56 Å². The van der Waals surface area contributed by atoms with Gasteiger partial charge in [-0.2, -0.15) is 4.98 Å². The second-order valence-electron chi connectivity index (χ2n) is 4.78. The maximum atomic E-state index is 11.6. The molecule has 0 fully saturated rings. The van der Waals surface area contributed by atoms with Gasteiger partial charge in [-0.15, -0.1) is 0 Å². The largest absolute Gasteiger partial charge is 0.488 e. The Morgan fingerprint density at radius 3 is 2.61 bits per heavy atom. The van der Waals surface area contributed by atoms with E-state index in [2.05, 4.69) is 9.97 Å². The first-order valence-corrected chi connectivity index (χ1v) is 6.70. The summed E-state index contributed by atoms with van der Waals surface area (Å²) >= 11 is 0. The molecule has 0 saturated heterocycles. The summed E-state index contributed by atoms with van der Waals surface area (Å²) < 4.78 is 0. The van der Waals surface area contributed by atoms with E-state index < -0.39 is 22.0 Å². The number of nitrogens with zero attached hydrogens (tertiary/aromatic N) is 2. The fraction of sp³-hybridized carbons (Fsp3) is 0. The highest BCUT2D eigenvalue weighted by Gasteiger charge is 2.21. The average molecular weight is 309 g/mol. The van der Waals surface area contributed by atoms with E-state index in [1.165, 1.54) is 6.08 Å². The number of aromatic nitrogens is 2. The van der Waals surface area contributed by atoms with Crippen LogP contribution in [0.15, 0.2) is 47.3 Å². The molecular weight excluding hydrogens is 298 g/mol. The third-order valence-electron chi connectivity index (χ3n) is 3.32. The van der Waals surface area contributed by atoms with Gasteiger partial charge < -0.3 is 10.1 Å². The fourth-order valence-electron chi connectivity index (χ4n) is 2.28. The molecule has 2 aromatic carbocycles. The summed E-state index contributed by atoms with van der Waals surface area (Å²) in [6, 6.07) is 13.5. The van der Waals surface area contributed by atoms with Crippen LogP contribution in [0.2, 0.25) is 0 Å². The van der Waals surface area contributed by atoms with E-state index in [1.807, 2.05) is 42.5 Å². The first-order chi connectivity index (χ1) is 11.1.